The zero-order valence-electron chi connectivity index (χ0n) is 10.4. The summed E-state index contributed by atoms with van der Waals surface area (Å²) in [5.41, 5.74) is 2.57. The highest BCUT2D eigenvalue weighted by Gasteiger charge is 2.10. The summed E-state index contributed by atoms with van der Waals surface area (Å²) in [6.45, 7) is 3.09. The Hall–Kier alpha value is -1.19. The summed E-state index contributed by atoms with van der Waals surface area (Å²) in [6.07, 6.45) is 4.71. The Bertz CT molecular complexity index is 468. The van der Waals surface area contributed by atoms with Gasteiger partial charge in [0.15, 0.2) is 0 Å². The maximum Gasteiger partial charge on any atom is 0.0361 e. The molecule has 0 amide bonds. The van der Waals surface area contributed by atoms with Gasteiger partial charge in [-0.3, -0.25) is 4.98 Å². The van der Waals surface area contributed by atoms with Crippen LogP contribution in [0.5, 0.6) is 0 Å². The van der Waals surface area contributed by atoms with Gasteiger partial charge >= 0.3 is 0 Å². The maximum absolute atomic E-state index is 4.17. The summed E-state index contributed by atoms with van der Waals surface area (Å²) in [7, 11) is 0. The summed E-state index contributed by atoms with van der Waals surface area (Å²) in [5, 5.41) is 3.52. The van der Waals surface area contributed by atoms with Crippen LogP contribution in [0.1, 0.15) is 24.1 Å². The van der Waals surface area contributed by atoms with E-state index in [0.717, 1.165) is 17.4 Å². The van der Waals surface area contributed by atoms with Crippen LogP contribution >= 0.6 is 15.9 Å². The van der Waals surface area contributed by atoms with Gasteiger partial charge < -0.3 is 5.32 Å². The minimum absolute atomic E-state index is 0.340. The van der Waals surface area contributed by atoms with Gasteiger partial charge in [-0.15, -0.1) is 0 Å². The van der Waals surface area contributed by atoms with Crippen LogP contribution < -0.4 is 5.32 Å². The number of pyridine rings is 1. The molecule has 94 valence electrons. The van der Waals surface area contributed by atoms with E-state index in [9.17, 15) is 0 Å². The van der Waals surface area contributed by atoms with Crippen molar-refractivity contribution in [1.82, 2.24) is 10.3 Å². The van der Waals surface area contributed by atoms with E-state index in [1.54, 1.807) is 0 Å². The molecule has 1 aromatic carbocycles. The van der Waals surface area contributed by atoms with Crippen molar-refractivity contribution in [3.63, 3.8) is 0 Å². The van der Waals surface area contributed by atoms with E-state index in [1.807, 2.05) is 18.5 Å². The fourth-order valence-electron chi connectivity index (χ4n) is 2.00. The predicted molar refractivity (Wildman–Crippen MR) is 78.5 cm³/mol. The van der Waals surface area contributed by atoms with Gasteiger partial charge in [-0.25, -0.2) is 0 Å². The first-order chi connectivity index (χ1) is 8.79. The van der Waals surface area contributed by atoms with Crippen molar-refractivity contribution in [2.75, 3.05) is 6.54 Å². The number of hydrogen-bond donors (Lipinski definition) is 1. The molecular weight excluding hydrogens is 288 g/mol. The lowest BCUT2D eigenvalue weighted by molar-refractivity contribution is 0.549. The third-order valence-electron chi connectivity index (χ3n) is 2.89. The SMILES string of the molecule is CCNC(Cc1cccnc1)c1ccc(Br)cc1. The van der Waals surface area contributed by atoms with E-state index in [0.29, 0.717) is 6.04 Å². The van der Waals surface area contributed by atoms with Gasteiger partial charge in [0, 0.05) is 22.9 Å². The molecule has 2 nitrogen and oxygen atoms in total. The van der Waals surface area contributed by atoms with Crippen molar-refractivity contribution in [2.24, 2.45) is 0 Å². The first-order valence-electron chi connectivity index (χ1n) is 6.17. The smallest absolute Gasteiger partial charge is 0.0361 e. The average Bonchev–Trinajstić information content (AvgIpc) is 2.40. The number of benzene rings is 1. The monoisotopic (exact) mass is 304 g/mol. The minimum Gasteiger partial charge on any atom is -0.310 e. The van der Waals surface area contributed by atoms with Crippen LogP contribution in [0.15, 0.2) is 53.3 Å². The Morgan fingerprint density at radius 1 is 1.22 bits per heavy atom. The van der Waals surface area contributed by atoms with Crippen molar-refractivity contribution in [3.05, 3.63) is 64.4 Å². The second-order valence-electron chi connectivity index (χ2n) is 4.23. The van der Waals surface area contributed by atoms with Crippen molar-refractivity contribution in [1.29, 1.82) is 0 Å². The fraction of sp³-hybridized carbons (Fsp3) is 0.267. The van der Waals surface area contributed by atoms with Crippen LogP contribution in [0, 0.1) is 0 Å². The second kappa shape index (κ2) is 6.66. The Morgan fingerprint density at radius 3 is 2.61 bits per heavy atom. The average molecular weight is 305 g/mol. The van der Waals surface area contributed by atoms with Crippen LogP contribution in [-0.4, -0.2) is 11.5 Å². The molecule has 2 aromatic rings. The highest BCUT2D eigenvalue weighted by Crippen LogP contribution is 2.20. The van der Waals surface area contributed by atoms with Crippen LogP contribution in [-0.2, 0) is 6.42 Å². The highest BCUT2D eigenvalue weighted by atomic mass is 79.9. The van der Waals surface area contributed by atoms with Crippen LogP contribution in [0.3, 0.4) is 0 Å². The lowest BCUT2D eigenvalue weighted by Crippen LogP contribution is -2.22. The first kappa shape index (κ1) is 13.2. The number of rotatable bonds is 5. The van der Waals surface area contributed by atoms with Crippen LogP contribution in [0.2, 0.25) is 0 Å². The third-order valence-corrected chi connectivity index (χ3v) is 3.41. The Kier molecular flexibility index (Phi) is 4.90. The van der Waals surface area contributed by atoms with Gasteiger partial charge in [-0.05, 0) is 42.3 Å². The molecule has 1 atom stereocenters. The summed E-state index contributed by atoms with van der Waals surface area (Å²) in [6, 6.07) is 12.9. The molecule has 2 rings (SSSR count). The molecule has 0 aliphatic rings. The summed E-state index contributed by atoms with van der Waals surface area (Å²) < 4.78 is 1.11. The number of likely N-dealkylation sites (N-methyl/N-ethyl adjacent to an activating group) is 1. The van der Waals surface area contributed by atoms with Crippen molar-refractivity contribution >= 4 is 15.9 Å². The van der Waals surface area contributed by atoms with Crippen molar-refractivity contribution < 1.29 is 0 Å². The van der Waals surface area contributed by atoms with Gasteiger partial charge in [0.2, 0.25) is 0 Å². The van der Waals surface area contributed by atoms with E-state index in [4.69, 9.17) is 0 Å². The Balaban J connectivity index is 2.15. The van der Waals surface area contributed by atoms with E-state index in [2.05, 4.69) is 63.5 Å². The van der Waals surface area contributed by atoms with Crippen molar-refractivity contribution in [3.8, 4) is 0 Å². The zero-order valence-corrected chi connectivity index (χ0v) is 12.0. The molecule has 0 spiro atoms. The van der Waals surface area contributed by atoms with E-state index in [1.165, 1.54) is 11.1 Å². The predicted octanol–water partition coefficient (Wildman–Crippen LogP) is 3.74. The van der Waals surface area contributed by atoms with E-state index < -0.39 is 0 Å². The fourth-order valence-corrected chi connectivity index (χ4v) is 2.27. The molecule has 0 fully saturated rings. The number of halogens is 1. The quantitative estimate of drug-likeness (QED) is 0.910. The normalized spacial score (nSPS) is 12.3. The van der Waals surface area contributed by atoms with Crippen molar-refractivity contribution in [2.45, 2.75) is 19.4 Å². The molecule has 3 heteroatoms. The molecule has 1 heterocycles. The zero-order chi connectivity index (χ0) is 12.8. The Morgan fingerprint density at radius 2 is 2.00 bits per heavy atom. The standard InChI is InChI=1S/C15H17BrN2/c1-2-18-15(10-12-4-3-9-17-11-12)13-5-7-14(16)8-6-13/h3-9,11,15,18H,2,10H2,1H3. The second-order valence-corrected chi connectivity index (χ2v) is 5.14. The molecule has 18 heavy (non-hydrogen) atoms. The number of nitrogens with zero attached hydrogens (tertiary/aromatic N) is 1. The number of hydrogen-bond acceptors (Lipinski definition) is 2. The third kappa shape index (κ3) is 3.65. The van der Waals surface area contributed by atoms with Gasteiger partial charge in [0.25, 0.3) is 0 Å². The summed E-state index contributed by atoms with van der Waals surface area (Å²) in [4.78, 5) is 4.17. The molecule has 0 radical (unpaired) electrons. The molecule has 0 bridgehead atoms. The van der Waals surface area contributed by atoms with Crippen LogP contribution in [0.4, 0.5) is 0 Å². The topological polar surface area (TPSA) is 24.9 Å². The molecule has 1 N–H and O–H groups in total. The number of nitrogens with one attached hydrogen (secondary N) is 1. The van der Waals surface area contributed by atoms with Crippen LogP contribution in [0.25, 0.3) is 0 Å². The molecule has 0 aliphatic heterocycles. The van der Waals surface area contributed by atoms with E-state index in [-0.39, 0.29) is 0 Å². The number of aromatic nitrogens is 1. The molecule has 0 aliphatic carbocycles. The van der Waals surface area contributed by atoms with Gasteiger partial charge in [-0.2, -0.15) is 0 Å². The summed E-state index contributed by atoms with van der Waals surface area (Å²) >= 11 is 3.47. The minimum atomic E-state index is 0.340. The van der Waals surface area contributed by atoms with Gasteiger partial charge in [0.1, 0.15) is 0 Å². The van der Waals surface area contributed by atoms with E-state index >= 15 is 0 Å². The molecule has 0 saturated heterocycles. The van der Waals surface area contributed by atoms with Gasteiger partial charge in [0.05, 0.1) is 0 Å². The molecule has 0 saturated carbocycles. The largest absolute Gasteiger partial charge is 0.310 e. The molecular formula is C15H17BrN2. The lowest BCUT2D eigenvalue weighted by atomic mass is 10.00. The first-order valence-corrected chi connectivity index (χ1v) is 6.96. The molecule has 1 aromatic heterocycles. The highest BCUT2D eigenvalue weighted by molar-refractivity contribution is 9.10. The maximum atomic E-state index is 4.17. The summed E-state index contributed by atoms with van der Waals surface area (Å²) in [5.74, 6) is 0. The Labute approximate surface area is 117 Å². The lowest BCUT2D eigenvalue weighted by Gasteiger charge is -2.18. The molecule has 1 unspecified atom stereocenters. The van der Waals surface area contributed by atoms with Gasteiger partial charge in [-0.1, -0.05) is 41.1 Å².